The molecule has 1 aliphatic heterocycles. The molecular weight excluding hydrogens is 320 g/mol. The maximum atomic E-state index is 12.0. The molecule has 0 bridgehead atoms. The first-order valence-electron chi connectivity index (χ1n) is 10.3. The minimum absolute atomic E-state index is 0.115. The van der Waals surface area contributed by atoms with Gasteiger partial charge in [-0.25, -0.2) is 0 Å². The van der Waals surface area contributed by atoms with Gasteiger partial charge in [0.15, 0.2) is 0 Å². The first-order valence-corrected chi connectivity index (χ1v) is 10.3. The molecule has 1 atom stereocenters. The lowest BCUT2D eigenvalue weighted by Gasteiger charge is -2.41. The van der Waals surface area contributed by atoms with E-state index in [4.69, 9.17) is 0 Å². The van der Waals surface area contributed by atoms with Gasteiger partial charge < -0.3 is 0 Å². The Morgan fingerprint density at radius 1 is 1.19 bits per heavy atom. The third kappa shape index (κ3) is 3.71. The second-order valence-electron chi connectivity index (χ2n) is 8.92. The van der Waals surface area contributed by atoms with Gasteiger partial charge in [0.1, 0.15) is 5.78 Å². The normalized spacial score (nSPS) is 24.0. The number of benzene rings is 1. The monoisotopic (exact) mass is 350 g/mol. The van der Waals surface area contributed by atoms with Crippen LogP contribution in [0.25, 0.3) is 0 Å². The zero-order chi connectivity index (χ0) is 18.1. The second-order valence-corrected chi connectivity index (χ2v) is 8.92. The van der Waals surface area contributed by atoms with Gasteiger partial charge in [0.05, 0.1) is 6.07 Å². The molecule has 1 aromatic carbocycles. The van der Waals surface area contributed by atoms with E-state index in [-0.39, 0.29) is 5.92 Å². The molecule has 0 spiro atoms. The number of nitriles is 1. The van der Waals surface area contributed by atoms with E-state index in [1.165, 1.54) is 49.7 Å². The highest BCUT2D eigenvalue weighted by Crippen LogP contribution is 2.53. The van der Waals surface area contributed by atoms with Crippen molar-refractivity contribution < 1.29 is 4.79 Å². The molecule has 2 saturated carbocycles. The first-order chi connectivity index (χ1) is 12.6. The van der Waals surface area contributed by atoms with Crippen LogP contribution in [0.4, 0.5) is 0 Å². The van der Waals surface area contributed by atoms with Crippen molar-refractivity contribution in [2.75, 3.05) is 13.1 Å². The summed E-state index contributed by atoms with van der Waals surface area (Å²) in [6.07, 6.45) is 8.17. The number of rotatable bonds is 7. The molecule has 3 fully saturated rings. The lowest BCUT2D eigenvalue weighted by molar-refractivity contribution is -0.118. The van der Waals surface area contributed by atoms with Gasteiger partial charge in [0.25, 0.3) is 0 Å². The molecule has 3 aliphatic rings. The number of Topliss-reactive ketones (excluding diaryl/α,β-unsaturated/α-hetero) is 1. The first kappa shape index (κ1) is 17.7. The van der Waals surface area contributed by atoms with E-state index in [0.29, 0.717) is 17.1 Å². The number of hydrogen-bond donors (Lipinski definition) is 0. The largest absolute Gasteiger partial charge is 0.299 e. The Kier molecular flexibility index (Phi) is 4.88. The van der Waals surface area contributed by atoms with Crippen molar-refractivity contribution in [3.05, 3.63) is 35.4 Å². The van der Waals surface area contributed by atoms with E-state index in [0.717, 1.165) is 32.0 Å². The van der Waals surface area contributed by atoms with Gasteiger partial charge in [-0.1, -0.05) is 24.3 Å². The van der Waals surface area contributed by atoms with Crippen LogP contribution in [0.15, 0.2) is 24.3 Å². The zero-order valence-electron chi connectivity index (χ0n) is 15.9. The van der Waals surface area contributed by atoms with Crippen molar-refractivity contribution in [2.24, 2.45) is 17.3 Å². The minimum Gasteiger partial charge on any atom is -0.299 e. The van der Waals surface area contributed by atoms with Crippen LogP contribution in [-0.4, -0.2) is 23.8 Å². The minimum atomic E-state index is 0.115. The van der Waals surface area contributed by atoms with Crippen LogP contribution in [0.2, 0.25) is 0 Å². The standard InChI is InChI=1S/C23H30N2O/c1-17(26)22(20-6-7-20)19-4-2-18(3-5-19)16-25-14-11-23(10-13-24,12-15-25)21-8-9-21/h2-5,20-22H,6-12,14-16H2,1H3. The van der Waals surface area contributed by atoms with Crippen LogP contribution in [-0.2, 0) is 11.3 Å². The fourth-order valence-electron chi connectivity index (χ4n) is 5.10. The van der Waals surface area contributed by atoms with E-state index >= 15 is 0 Å². The van der Waals surface area contributed by atoms with Crippen LogP contribution < -0.4 is 0 Å². The van der Waals surface area contributed by atoms with Crippen LogP contribution in [0.5, 0.6) is 0 Å². The maximum Gasteiger partial charge on any atom is 0.137 e. The molecule has 1 unspecified atom stereocenters. The highest BCUT2D eigenvalue weighted by atomic mass is 16.1. The van der Waals surface area contributed by atoms with Gasteiger partial charge in [0, 0.05) is 18.9 Å². The van der Waals surface area contributed by atoms with Crippen LogP contribution in [0, 0.1) is 28.6 Å². The van der Waals surface area contributed by atoms with Gasteiger partial charge in [-0.3, -0.25) is 9.69 Å². The number of hydrogen-bond acceptors (Lipinski definition) is 3. The Balaban J connectivity index is 1.35. The SMILES string of the molecule is CC(=O)C(c1ccc(CN2CCC(CC#N)(C3CC3)CC2)cc1)C1CC1. The van der Waals surface area contributed by atoms with Crippen molar-refractivity contribution >= 4 is 5.78 Å². The summed E-state index contributed by atoms with van der Waals surface area (Å²) in [5.74, 6) is 1.82. The second kappa shape index (κ2) is 7.16. The fraction of sp³-hybridized carbons (Fsp3) is 0.652. The Bertz CT molecular complexity index is 686. The van der Waals surface area contributed by atoms with Crippen molar-refractivity contribution in [3.8, 4) is 6.07 Å². The molecule has 1 aromatic rings. The van der Waals surface area contributed by atoms with Crippen molar-refractivity contribution in [1.82, 2.24) is 4.90 Å². The molecule has 4 rings (SSSR count). The number of carbonyl (C=O) groups is 1. The van der Waals surface area contributed by atoms with Gasteiger partial charge in [0.2, 0.25) is 0 Å². The molecule has 0 N–H and O–H groups in total. The van der Waals surface area contributed by atoms with Gasteiger partial charge in [-0.2, -0.15) is 5.26 Å². The third-order valence-electron chi connectivity index (χ3n) is 7.00. The molecule has 3 heteroatoms. The average molecular weight is 351 g/mol. The Morgan fingerprint density at radius 3 is 2.35 bits per heavy atom. The van der Waals surface area contributed by atoms with Crippen LogP contribution in [0.3, 0.4) is 0 Å². The molecule has 138 valence electrons. The van der Waals surface area contributed by atoms with E-state index in [2.05, 4.69) is 35.2 Å². The Labute approximate surface area is 157 Å². The molecule has 2 aliphatic carbocycles. The summed E-state index contributed by atoms with van der Waals surface area (Å²) >= 11 is 0. The molecule has 0 amide bonds. The van der Waals surface area contributed by atoms with Crippen molar-refractivity contribution in [2.45, 2.75) is 64.3 Å². The summed E-state index contributed by atoms with van der Waals surface area (Å²) in [6.45, 7) is 4.94. The fourth-order valence-corrected chi connectivity index (χ4v) is 5.10. The van der Waals surface area contributed by atoms with Gasteiger partial charge in [-0.15, -0.1) is 0 Å². The van der Waals surface area contributed by atoms with Crippen LogP contribution in [0.1, 0.15) is 68.9 Å². The molecule has 1 heterocycles. The Hall–Kier alpha value is -1.66. The molecule has 0 aromatic heterocycles. The number of carbonyl (C=O) groups excluding carboxylic acids is 1. The number of likely N-dealkylation sites (tertiary alicyclic amines) is 1. The van der Waals surface area contributed by atoms with E-state index in [1.54, 1.807) is 6.92 Å². The predicted molar refractivity (Wildman–Crippen MR) is 102 cm³/mol. The lowest BCUT2D eigenvalue weighted by Crippen LogP contribution is -2.40. The van der Waals surface area contributed by atoms with Crippen molar-refractivity contribution in [3.63, 3.8) is 0 Å². The molecular formula is C23H30N2O. The molecule has 3 nitrogen and oxygen atoms in total. The molecule has 0 radical (unpaired) electrons. The van der Waals surface area contributed by atoms with Gasteiger partial charge in [-0.05, 0) is 86.9 Å². The quantitative estimate of drug-likeness (QED) is 0.717. The lowest BCUT2D eigenvalue weighted by atomic mass is 9.72. The summed E-state index contributed by atoms with van der Waals surface area (Å²) < 4.78 is 0. The maximum absolute atomic E-state index is 12.0. The number of nitrogens with zero attached hydrogens (tertiary/aromatic N) is 2. The molecule has 26 heavy (non-hydrogen) atoms. The van der Waals surface area contributed by atoms with Gasteiger partial charge >= 0.3 is 0 Å². The van der Waals surface area contributed by atoms with E-state index < -0.39 is 0 Å². The van der Waals surface area contributed by atoms with Crippen LogP contribution >= 0.6 is 0 Å². The Morgan fingerprint density at radius 2 is 1.85 bits per heavy atom. The third-order valence-corrected chi connectivity index (χ3v) is 7.00. The number of ketones is 1. The van der Waals surface area contributed by atoms with E-state index in [9.17, 15) is 10.1 Å². The average Bonchev–Trinajstić information content (AvgIpc) is 3.52. The summed E-state index contributed by atoms with van der Waals surface area (Å²) in [6, 6.07) is 11.2. The summed E-state index contributed by atoms with van der Waals surface area (Å²) in [5, 5.41) is 9.23. The molecule has 1 saturated heterocycles. The highest BCUT2D eigenvalue weighted by Gasteiger charge is 2.46. The number of piperidine rings is 1. The topological polar surface area (TPSA) is 44.1 Å². The van der Waals surface area contributed by atoms with Crippen molar-refractivity contribution in [1.29, 1.82) is 5.26 Å². The summed E-state index contributed by atoms with van der Waals surface area (Å²) in [7, 11) is 0. The zero-order valence-corrected chi connectivity index (χ0v) is 15.9. The summed E-state index contributed by atoms with van der Waals surface area (Å²) in [5.41, 5.74) is 2.85. The predicted octanol–water partition coefficient (Wildman–Crippen LogP) is 4.68. The summed E-state index contributed by atoms with van der Waals surface area (Å²) in [4.78, 5) is 14.5. The van der Waals surface area contributed by atoms with E-state index in [1.807, 2.05) is 0 Å². The highest BCUT2D eigenvalue weighted by molar-refractivity contribution is 5.84. The smallest absolute Gasteiger partial charge is 0.137 e.